The van der Waals surface area contributed by atoms with Gasteiger partial charge < -0.3 is 9.84 Å². The van der Waals surface area contributed by atoms with Crippen molar-refractivity contribution >= 4 is 16.0 Å². The van der Waals surface area contributed by atoms with Crippen molar-refractivity contribution in [2.24, 2.45) is 0 Å². The van der Waals surface area contributed by atoms with Crippen LogP contribution in [0.2, 0.25) is 0 Å². The third kappa shape index (κ3) is 6.49. The zero-order valence-electron chi connectivity index (χ0n) is 12.5. The second-order valence-corrected chi connectivity index (χ2v) is 6.54. The minimum absolute atomic E-state index is 0.102. The Morgan fingerprint density at radius 1 is 1.30 bits per heavy atom. The first-order chi connectivity index (χ1) is 10.8. The van der Waals surface area contributed by atoms with E-state index >= 15 is 0 Å². The summed E-state index contributed by atoms with van der Waals surface area (Å²) in [5, 5.41) is 9.06. The number of hydrogen-bond donors (Lipinski definition) is 2. The van der Waals surface area contributed by atoms with E-state index in [0.717, 1.165) is 6.42 Å². The molecule has 6 nitrogen and oxygen atoms in total. The molecule has 0 aromatic heterocycles. The Hall–Kier alpha value is -1.74. The lowest BCUT2D eigenvalue weighted by Gasteiger charge is -2.14. The molecule has 1 aromatic rings. The highest BCUT2D eigenvalue weighted by molar-refractivity contribution is 7.89. The highest BCUT2D eigenvalue weighted by atomic mass is 32.2. The lowest BCUT2D eigenvalue weighted by Crippen LogP contribution is -2.40. The summed E-state index contributed by atoms with van der Waals surface area (Å²) in [7, 11) is -4.02. The fourth-order valence-corrected chi connectivity index (χ4v) is 2.99. The molecule has 130 valence electrons. The molecule has 1 atom stereocenters. The number of halogens is 2. The molecule has 0 bridgehead atoms. The molecule has 0 amide bonds. The Morgan fingerprint density at radius 3 is 2.39 bits per heavy atom. The van der Waals surface area contributed by atoms with Crippen molar-refractivity contribution in [1.82, 2.24) is 4.72 Å². The van der Waals surface area contributed by atoms with Crippen LogP contribution in [0, 0.1) is 0 Å². The van der Waals surface area contributed by atoms with Crippen LogP contribution in [0.3, 0.4) is 0 Å². The Kier molecular flexibility index (Phi) is 7.37. The maximum atomic E-state index is 12.2. The fraction of sp³-hybridized carbons (Fsp3) is 0.500. The summed E-state index contributed by atoms with van der Waals surface area (Å²) in [5.74, 6) is -1.15. The molecule has 0 aliphatic heterocycles. The average Bonchev–Trinajstić information content (AvgIpc) is 2.49. The van der Waals surface area contributed by atoms with Crippen molar-refractivity contribution in [1.29, 1.82) is 0 Å². The molecule has 0 saturated heterocycles. The zero-order valence-corrected chi connectivity index (χ0v) is 13.4. The first-order valence-electron chi connectivity index (χ1n) is 7.02. The second kappa shape index (κ2) is 8.78. The number of benzene rings is 1. The summed E-state index contributed by atoms with van der Waals surface area (Å²) in [5.41, 5.74) is 0. The molecule has 1 rings (SSSR count). The number of carboxylic acid groups (broad SMARTS) is 1. The van der Waals surface area contributed by atoms with Crippen LogP contribution < -0.4 is 9.46 Å². The van der Waals surface area contributed by atoms with Crippen molar-refractivity contribution in [3.05, 3.63) is 24.3 Å². The molecular formula is C14H19F2NO5S. The first-order valence-corrected chi connectivity index (χ1v) is 8.50. The van der Waals surface area contributed by atoms with Gasteiger partial charge in [-0.3, -0.25) is 4.79 Å². The topological polar surface area (TPSA) is 92.7 Å². The van der Waals surface area contributed by atoms with E-state index in [1.165, 1.54) is 24.3 Å². The molecule has 0 fully saturated rings. The summed E-state index contributed by atoms with van der Waals surface area (Å²) >= 11 is 0. The quantitative estimate of drug-likeness (QED) is 0.674. The molecule has 0 heterocycles. The highest BCUT2D eigenvalue weighted by Gasteiger charge is 2.24. The molecule has 0 aliphatic rings. The standard InChI is InChI=1S/C14H19F2NO5S/c1-2-3-4-12(14(18)19)17-23(20,21)11-7-5-10(6-8-11)22-9-13(15)16/h5-8,12-13,17H,2-4,9H2,1H3,(H,18,19). The molecule has 0 spiro atoms. The smallest absolute Gasteiger partial charge is 0.321 e. The molecule has 2 N–H and O–H groups in total. The Morgan fingerprint density at radius 2 is 1.91 bits per heavy atom. The van der Waals surface area contributed by atoms with Crippen LogP contribution in [0.25, 0.3) is 0 Å². The van der Waals surface area contributed by atoms with E-state index in [-0.39, 0.29) is 17.1 Å². The molecule has 23 heavy (non-hydrogen) atoms. The Bertz CT molecular complexity index is 604. The van der Waals surface area contributed by atoms with Gasteiger partial charge in [0.25, 0.3) is 6.43 Å². The normalized spacial score (nSPS) is 13.0. The maximum absolute atomic E-state index is 12.2. The predicted octanol–water partition coefficient (Wildman–Crippen LogP) is 2.25. The number of ether oxygens (including phenoxy) is 1. The van der Waals surface area contributed by atoms with Gasteiger partial charge in [-0.1, -0.05) is 19.8 Å². The lowest BCUT2D eigenvalue weighted by atomic mass is 10.1. The van der Waals surface area contributed by atoms with Crippen molar-refractivity contribution in [2.45, 2.75) is 43.5 Å². The number of carboxylic acids is 1. The highest BCUT2D eigenvalue weighted by Crippen LogP contribution is 2.17. The lowest BCUT2D eigenvalue weighted by molar-refractivity contribution is -0.139. The van der Waals surface area contributed by atoms with Gasteiger partial charge in [0.1, 0.15) is 18.4 Å². The summed E-state index contributed by atoms with van der Waals surface area (Å²) < 4.78 is 55.2. The van der Waals surface area contributed by atoms with Crippen LogP contribution >= 0.6 is 0 Å². The van der Waals surface area contributed by atoms with E-state index in [0.29, 0.717) is 6.42 Å². The molecule has 0 saturated carbocycles. The van der Waals surface area contributed by atoms with E-state index in [2.05, 4.69) is 4.72 Å². The van der Waals surface area contributed by atoms with Gasteiger partial charge >= 0.3 is 5.97 Å². The van der Waals surface area contributed by atoms with Gasteiger partial charge in [-0.2, -0.15) is 4.72 Å². The van der Waals surface area contributed by atoms with E-state index in [4.69, 9.17) is 9.84 Å². The first kappa shape index (κ1) is 19.3. The van der Waals surface area contributed by atoms with Crippen LogP contribution in [0.15, 0.2) is 29.2 Å². The van der Waals surface area contributed by atoms with E-state index < -0.39 is 35.1 Å². The molecule has 0 aliphatic carbocycles. The summed E-state index contributed by atoms with van der Waals surface area (Å²) in [6.45, 7) is 1.08. The number of sulfonamides is 1. The van der Waals surface area contributed by atoms with Crippen LogP contribution in [0.1, 0.15) is 26.2 Å². The Balaban J connectivity index is 2.80. The molecule has 0 radical (unpaired) electrons. The van der Waals surface area contributed by atoms with Gasteiger partial charge in [0, 0.05) is 0 Å². The molecular weight excluding hydrogens is 332 g/mol. The van der Waals surface area contributed by atoms with Crippen LogP contribution in [0.5, 0.6) is 5.75 Å². The van der Waals surface area contributed by atoms with Gasteiger partial charge in [-0.05, 0) is 30.7 Å². The van der Waals surface area contributed by atoms with E-state index in [1.807, 2.05) is 6.92 Å². The maximum Gasteiger partial charge on any atom is 0.321 e. The van der Waals surface area contributed by atoms with Crippen molar-refractivity contribution < 1.29 is 31.8 Å². The number of nitrogens with one attached hydrogen (secondary N) is 1. The van der Waals surface area contributed by atoms with Crippen molar-refractivity contribution in [3.63, 3.8) is 0 Å². The third-order valence-corrected chi connectivity index (χ3v) is 4.44. The fourth-order valence-electron chi connectivity index (χ4n) is 1.77. The number of unbranched alkanes of at least 4 members (excludes halogenated alkanes) is 1. The van der Waals surface area contributed by atoms with Crippen LogP contribution in [-0.4, -0.2) is 38.6 Å². The van der Waals surface area contributed by atoms with E-state index in [9.17, 15) is 22.0 Å². The minimum Gasteiger partial charge on any atom is -0.488 e. The zero-order chi connectivity index (χ0) is 17.5. The molecule has 1 unspecified atom stereocenters. The number of carbonyl (C=O) groups is 1. The number of hydrogen-bond acceptors (Lipinski definition) is 4. The largest absolute Gasteiger partial charge is 0.488 e. The summed E-state index contributed by atoms with van der Waals surface area (Å²) in [6.07, 6.45) is -1.14. The van der Waals surface area contributed by atoms with Crippen LogP contribution in [-0.2, 0) is 14.8 Å². The Labute approximate surface area is 133 Å². The number of aliphatic carboxylic acids is 1. The van der Waals surface area contributed by atoms with Gasteiger partial charge in [-0.25, -0.2) is 17.2 Å². The predicted molar refractivity (Wildman–Crippen MR) is 79.2 cm³/mol. The van der Waals surface area contributed by atoms with E-state index in [1.54, 1.807) is 0 Å². The summed E-state index contributed by atoms with van der Waals surface area (Å²) in [6, 6.07) is 3.59. The molecule has 1 aromatic carbocycles. The van der Waals surface area contributed by atoms with Crippen molar-refractivity contribution in [2.75, 3.05) is 6.61 Å². The average molecular weight is 351 g/mol. The second-order valence-electron chi connectivity index (χ2n) is 4.83. The van der Waals surface area contributed by atoms with Crippen LogP contribution in [0.4, 0.5) is 8.78 Å². The number of rotatable bonds is 10. The minimum atomic E-state index is -4.02. The SMILES string of the molecule is CCCCC(NS(=O)(=O)c1ccc(OCC(F)F)cc1)C(=O)O. The monoisotopic (exact) mass is 351 g/mol. The van der Waals surface area contributed by atoms with Gasteiger partial charge in [0.2, 0.25) is 10.0 Å². The van der Waals surface area contributed by atoms with Gasteiger partial charge in [0.05, 0.1) is 4.90 Å². The van der Waals surface area contributed by atoms with Gasteiger partial charge in [0.15, 0.2) is 0 Å². The summed E-state index contributed by atoms with van der Waals surface area (Å²) in [4.78, 5) is 10.9. The number of alkyl halides is 2. The third-order valence-electron chi connectivity index (χ3n) is 2.95. The van der Waals surface area contributed by atoms with Crippen molar-refractivity contribution in [3.8, 4) is 5.75 Å². The molecule has 9 heteroatoms. The van der Waals surface area contributed by atoms with Gasteiger partial charge in [-0.15, -0.1) is 0 Å².